The van der Waals surface area contributed by atoms with E-state index >= 15 is 0 Å². The summed E-state index contributed by atoms with van der Waals surface area (Å²) in [5, 5.41) is 9.24. The molecule has 1 atom stereocenters. The topological polar surface area (TPSA) is 80.7 Å². The summed E-state index contributed by atoms with van der Waals surface area (Å²) in [6, 6.07) is 6.18. The Morgan fingerprint density at radius 2 is 1.52 bits per heavy atom. The van der Waals surface area contributed by atoms with Crippen LogP contribution in [0.15, 0.2) is 29.2 Å². The van der Waals surface area contributed by atoms with Crippen LogP contribution >= 0.6 is 0 Å². The molecule has 1 unspecified atom stereocenters. The number of carbonyl (C=O) groups is 1. The third-order valence-corrected chi connectivity index (χ3v) is 5.48. The van der Waals surface area contributed by atoms with Crippen LogP contribution in [0.2, 0.25) is 0 Å². The second-order valence-electron chi connectivity index (χ2n) is 6.45. The summed E-state index contributed by atoms with van der Waals surface area (Å²) in [6.45, 7) is 4.02. The molecule has 0 amide bonds. The standard InChI is InChI=1S/C19H30O5S/c1-3-4-5-6-7-8-9-10-11-18(19(20)21)24-25(22,23)17-14-12-16(2)13-15-17/h12-15,18H,3-11H2,1-2H3,(H,20,21). The first-order chi connectivity index (χ1) is 11.9. The molecule has 1 rings (SSSR count). The zero-order valence-corrected chi connectivity index (χ0v) is 16.1. The molecule has 6 heteroatoms. The van der Waals surface area contributed by atoms with E-state index in [1.807, 2.05) is 6.92 Å². The molecule has 0 aliphatic carbocycles. The molecule has 0 bridgehead atoms. The maximum atomic E-state index is 12.2. The second-order valence-corrected chi connectivity index (χ2v) is 8.03. The number of aliphatic carboxylic acids is 1. The van der Waals surface area contributed by atoms with Gasteiger partial charge < -0.3 is 5.11 Å². The first kappa shape index (κ1) is 21.6. The van der Waals surface area contributed by atoms with E-state index < -0.39 is 22.2 Å². The van der Waals surface area contributed by atoms with Crippen molar-refractivity contribution < 1.29 is 22.5 Å². The number of unbranched alkanes of at least 4 members (excludes halogenated alkanes) is 7. The second kappa shape index (κ2) is 11.3. The predicted molar refractivity (Wildman–Crippen MR) is 98.1 cm³/mol. The Balaban J connectivity index is 2.43. The van der Waals surface area contributed by atoms with Gasteiger partial charge in [-0.15, -0.1) is 0 Å². The largest absolute Gasteiger partial charge is 0.479 e. The van der Waals surface area contributed by atoms with Gasteiger partial charge in [0.05, 0.1) is 4.90 Å². The van der Waals surface area contributed by atoms with E-state index in [9.17, 15) is 18.3 Å². The van der Waals surface area contributed by atoms with Crippen molar-refractivity contribution in [3.63, 3.8) is 0 Å². The molecule has 0 radical (unpaired) electrons. The Bertz CT molecular complexity index is 607. The summed E-state index contributed by atoms with van der Waals surface area (Å²) in [7, 11) is -4.06. The average molecular weight is 371 g/mol. The van der Waals surface area contributed by atoms with Crippen molar-refractivity contribution in [3.8, 4) is 0 Å². The number of aryl methyl sites for hydroxylation is 1. The molecule has 0 fully saturated rings. The fourth-order valence-corrected chi connectivity index (χ4v) is 3.65. The molecule has 0 saturated heterocycles. The fraction of sp³-hybridized carbons (Fsp3) is 0.632. The van der Waals surface area contributed by atoms with Crippen molar-refractivity contribution in [2.75, 3.05) is 0 Å². The molecule has 142 valence electrons. The molecule has 0 aliphatic rings. The number of benzene rings is 1. The van der Waals surface area contributed by atoms with E-state index in [0.29, 0.717) is 6.42 Å². The van der Waals surface area contributed by atoms with Crippen molar-refractivity contribution in [2.24, 2.45) is 0 Å². The van der Waals surface area contributed by atoms with Crippen LogP contribution in [0.4, 0.5) is 0 Å². The third kappa shape index (κ3) is 8.50. The molecule has 0 aromatic heterocycles. The van der Waals surface area contributed by atoms with Crippen molar-refractivity contribution in [1.82, 2.24) is 0 Å². The SMILES string of the molecule is CCCCCCCCCCC(OS(=O)(=O)c1ccc(C)cc1)C(=O)O. The van der Waals surface area contributed by atoms with Crippen LogP contribution < -0.4 is 0 Å². The van der Waals surface area contributed by atoms with Gasteiger partial charge in [0.25, 0.3) is 10.1 Å². The Morgan fingerprint density at radius 3 is 2.04 bits per heavy atom. The lowest BCUT2D eigenvalue weighted by molar-refractivity contribution is -0.145. The number of hydrogen-bond acceptors (Lipinski definition) is 4. The summed E-state index contributed by atoms with van der Waals surface area (Å²) in [5.74, 6) is -1.24. The predicted octanol–water partition coefficient (Wildman–Crippen LogP) is 4.68. The van der Waals surface area contributed by atoms with E-state index in [4.69, 9.17) is 4.18 Å². The lowest BCUT2D eigenvalue weighted by Crippen LogP contribution is -2.27. The maximum absolute atomic E-state index is 12.2. The van der Waals surface area contributed by atoms with Gasteiger partial charge in [-0.25, -0.2) is 4.79 Å². The molecule has 0 spiro atoms. The number of rotatable bonds is 13. The fourth-order valence-electron chi connectivity index (χ4n) is 2.59. The van der Waals surface area contributed by atoms with E-state index in [-0.39, 0.29) is 11.3 Å². The summed E-state index contributed by atoms with van der Waals surface area (Å²) in [6.07, 6.45) is 7.51. The third-order valence-electron chi connectivity index (χ3n) is 4.15. The number of hydrogen-bond donors (Lipinski definition) is 1. The smallest absolute Gasteiger partial charge is 0.334 e. The number of carboxylic acid groups (broad SMARTS) is 1. The molecule has 0 aliphatic heterocycles. The highest BCUT2D eigenvalue weighted by atomic mass is 32.2. The van der Waals surface area contributed by atoms with Crippen LogP contribution in [-0.4, -0.2) is 25.6 Å². The average Bonchev–Trinajstić information content (AvgIpc) is 2.56. The van der Waals surface area contributed by atoms with Gasteiger partial charge in [-0.2, -0.15) is 8.42 Å². The van der Waals surface area contributed by atoms with Crippen LogP contribution in [0.25, 0.3) is 0 Å². The minimum Gasteiger partial charge on any atom is -0.479 e. The lowest BCUT2D eigenvalue weighted by Gasteiger charge is -2.13. The lowest BCUT2D eigenvalue weighted by atomic mass is 10.1. The van der Waals surface area contributed by atoms with E-state index in [2.05, 4.69) is 6.92 Å². The number of carboxylic acids is 1. The maximum Gasteiger partial charge on any atom is 0.334 e. The van der Waals surface area contributed by atoms with Crippen molar-refractivity contribution in [3.05, 3.63) is 29.8 Å². The summed E-state index contributed by atoms with van der Waals surface area (Å²) >= 11 is 0. The molecule has 0 saturated carbocycles. The van der Waals surface area contributed by atoms with Crippen LogP contribution in [0.1, 0.15) is 70.3 Å². The van der Waals surface area contributed by atoms with E-state index in [0.717, 1.165) is 24.8 Å². The van der Waals surface area contributed by atoms with Gasteiger partial charge in [0.15, 0.2) is 6.10 Å². The van der Waals surface area contributed by atoms with Gasteiger partial charge in [0.1, 0.15) is 0 Å². The molecule has 25 heavy (non-hydrogen) atoms. The highest BCUT2D eigenvalue weighted by molar-refractivity contribution is 7.86. The quantitative estimate of drug-likeness (QED) is 0.402. The highest BCUT2D eigenvalue weighted by Crippen LogP contribution is 2.18. The molecular weight excluding hydrogens is 340 g/mol. The molecule has 5 nitrogen and oxygen atoms in total. The summed E-state index contributed by atoms with van der Waals surface area (Å²) in [4.78, 5) is 11.3. The van der Waals surface area contributed by atoms with Crippen LogP contribution in [-0.2, 0) is 19.1 Å². The first-order valence-electron chi connectivity index (χ1n) is 9.09. The Hall–Kier alpha value is -1.40. The molecule has 1 aromatic carbocycles. The van der Waals surface area contributed by atoms with Gasteiger partial charge >= 0.3 is 5.97 Å². The van der Waals surface area contributed by atoms with Gasteiger partial charge in [0.2, 0.25) is 0 Å². The first-order valence-corrected chi connectivity index (χ1v) is 10.5. The Kier molecular flexibility index (Phi) is 9.75. The van der Waals surface area contributed by atoms with Crippen LogP contribution in [0.3, 0.4) is 0 Å². The van der Waals surface area contributed by atoms with Crippen molar-refractivity contribution >= 4 is 16.1 Å². The minimum atomic E-state index is -4.06. The Morgan fingerprint density at radius 1 is 1.00 bits per heavy atom. The zero-order chi connectivity index (χ0) is 18.7. The van der Waals surface area contributed by atoms with Gasteiger partial charge in [-0.05, 0) is 25.5 Å². The van der Waals surface area contributed by atoms with E-state index in [1.165, 1.54) is 37.8 Å². The summed E-state index contributed by atoms with van der Waals surface area (Å²) in [5.41, 5.74) is 0.924. The van der Waals surface area contributed by atoms with Gasteiger partial charge in [-0.3, -0.25) is 4.18 Å². The van der Waals surface area contributed by atoms with Crippen molar-refractivity contribution in [1.29, 1.82) is 0 Å². The molecule has 1 aromatic rings. The molecule has 0 heterocycles. The minimum absolute atomic E-state index is 0.0136. The normalized spacial score (nSPS) is 12.9. The Labute approximate surface area is 151 Å². The van der Waals surface area contributed by atoms with Crippen LogP contribution in [0, 0.1) is 6.92 Å². The molecule has 1 N–H and O–H groups in total. The van der Waals surface area contributed by atoms with Crippen molar-refractivity contribution in [2.45, 2.75) is 82.6 Å². The molecular formula is C19H30O5S. The van der Waals surface area contributed by atoms with Crippen LogP contribution in [0.5, 0.6) is 0 Å². The van der Waals surface area contributed by atoms with E-state index in [1.54, 1.807) is 12.1 Å². The van der Waals surface area contributed by atoms with Gasteiger partial charge in [0, 0.05) is 0 Å². The monoisotopic (exact) mass is 370 g/mol. The van der Waals surface area contributed by atoms with Gasteiger partial charge in [-0.1, -0.05) is 76.0 Å². The summed E-state index contributed by atoms with van der Waals surface area (Å²) < 4.78 is 29.4. The zero-order valence-electron chi connectivity index (χ0n) is 15.2. The highest BCUT2D eigenvalue weighted by Gasteiger charge is 2.26.